The van der Waals surface area contributed by atoms with Crippen LogP contribution in [-0.4, -0.2) is 38.3 Å². The predicted octanol–water partition coefficient (Wildman–Crippen LogP) is -0.119. The number of aromatic nitrogens is 3. The molecule has 1 aromatic heterocycles. The highest BCUT2D eigenvalue weighted by Gasteiger charge is 2.14. The molecule has 0 aromatic carbocycles. The molecule has 0 bridgehead atoms. The zero-order valence-corrected chi connectivity index (χ0v) is 10.8. The Balaban J connectivity index is 2.28. The highest BCUT2D eigenvalue weighted by atomic mass is 127. The van der Waals surface area contributed by atoms with Crippen molar-refractivity contribution in [3.63, 3.8) is 0 Å². The van der Waals surface area contributed by atoms with Gasteiger partial charge in [0.2, 0.25) is 0 Å². The van der Waals surface area contributed by atoms with Crippen molar-refractivity contribution >= 4 is 28.6 Å². The lowest BCUT2D eigenvalue weighted by Crippen LogP contribution is -2.30. The van der Waals surface area contributed by atoms with Crippen LogP contribution in [0.1, 0.15) is 5.82 Å². The van der Waals surface area contributed by atoms with Gasteiger partial charge in [-0.15, -0.1) is 0 Å². The van der Waals surface area contributed by atoms with E-state index in [2.05, 4.69) is 20.1 Å². The van der Waals surface area contributed by atoms with Gasteiger partial charge in [0, 0.05) is 13.6 Å². The number of esters is 1. The smallest absolute Gasteiger partial charge is 0.319 e. The summed E-state index contributed by atoms with van der Waals surface area (Å²) in [5, 5.41) is 7.05. The SMILES string of the molecule is COC(=O)C(I)CNCc1ncnn1C. The van der Waals surface area contributed by atoms with Crippen LogP contribution in [0.3, 0.4) is 0 Å². The van der Waals surface area contributed by atoms with Crippen molar-refractivity contribution in [2.45, 2.75) is 10.5 Å². The van der Waals surface area contributed by atoms with Crippen LogP contribution in [0.5, 0.6) is 0 Å². The van der Waals surface area contributed by atoms with Gasteiger partial charge in [-0.1, -0.05) is 22.6 Å². The van der Waals surface area contributed by atoms with Gasteiger partial charge in [-0.2, -0.15) is 5.10 Å². The van der Waals surface area contributed by atoms with E-state index in [1.807, 2.05) is 29.6 Å². The highest BCUT2D eigenvalue weighted by molar-refractivity contribution is 14.1. The summed E-state index contributed by atoms with van der Waals surface area (Å²) in [6.07, 6.45) is 1.50. The van der Waals surface area contributed by atoms with Crippen molar-refractivity contribution in [2.24, 2.45) is 7.05 Å². The number of nitrogens with one attached hydrogen (secondary N) is 1. The summed E-state index contributed by atoms with van der Waals surface area (Å²) in [6.45, 7) is 1.15. The first-order valence-corrected chi connectivity index (χ1v) is 5.65. The highest BCUT2D eigenvalue weighted by Crippen LogP contribution is 2.01. The van der Waals surface area contributed by atoms with E-state index in [4.69, 9.17) is 0 Å². The number of methoxy groups -OCH3 is 1. The minimum atomic E-state index is -0.221. The third-order valence-corrected chi connectivity index (χ3v) is 2.82. The molecule has 0 amide bonds. The molecule has 0 saturated heterocycles. The number of carbonyl (C=O) groups excluding carboxylic acids is 1. The van der Waals surface area contributed by atoms with Gasteiger partial charge in [0.05, 0.1) is 13.7 Å². The molecule has 7 heteroatoms. The fraction of sp³-hybridized carbons (Fsp3) is 0.625. The molecule has 0 aliphatic rings. The summed E-state index contributed by atoms with van der Waals surface area (Å²) < 4.78 is 6.11. The van der Waals surface area contributed by atoms with Crippen LogP contribution in [0.25, 0.3) is 0 Å². The topological polar surface area (TPSA) is 69.0 Å². The number of halogens is 1. The van der Waals surface area contributed by atoms with Crippen LogP contribution in [0.15, 0.2) is 6.33 Å². The lowest BCUT2D eigenvalue weighted by Gasteiger charge is -2.08. The van der Waals surface area contributed by atoms with Crippen LogP contribution in [-0.2, 0) is 23.1 Å². The zero-order chi connectivity index (χ0) is 11.3. The third kappa shape index (κ3) is 3.74. The Labute approximate surface area is 102 Å². The van der Waals surface area contributed by atoms with Crippen molar-refractivity contribution in [2.75, 3.05) is 13.7 Å². The summed E-state index contributed by atoms with van der Waals surface area (Å²) in [5.41, 5.74) is 0. The Kier molecular flexibility index (Phi) is 4.95. The average Bonchev–Trinajstić information content (AvgIpc) is 2.63. The zero-order valence-electron chi connectivity index (χ0n) is 8.61. The quantitative estimate of drug-likeness (QED) is 0.465. The molecule has 1 N–H and O–H groups in total. The van der Waals surface area contributed by atoms with Gasteiger partial charge in [-0.25, -0.2) is 4.98 Å². The molecular formula is C8H13IN4O2. The fourth-order valence-electron chi connectivity index (χ4n) is 1.00. The van der Waals surface area contributed by atoms with E-state index in [1.165, 1.54) is 13.4 Å². The standard InChI is InChI=1S/C8H13IN4O2/c1-13-7(11-5-12-13)4-10-3-6(9)8(14)15-2/h5-6,10H,3-4H2,1-2H3. The Hall–Kier alpha value is -0.700. The van der Waals surface area contributed by atoms with Crippen molar-refractivity contribution in [1.82, 2.24) is 20.1 Å². The fourth-order valence-corrected chi connectivity index (χ4v) is 1.57. The molecule has 15 heavy (non-hydrogen) atoms. The number of alkyl halides is 1. The molecule has 84 valence electrons. The molecule has 1 rings (SSSR count). The molecular weight excluding hydrogens is 311 g/mol. The molecule has 0 radical (unpaired) electrons. The summed E-state index contributed by atoms with van der Waals surface area (Å²) in [7, 11) is 3.21. The average molecular weight is 324 g/mol. The second-order valence-corrected chi connectivity index (χ2v) is 4.43. The predicted molar refractivity (Wildman–Crippen MR) is 62.5 cm³/mol. The maximum atomic E-state index is 11.1. The molecule has 0 aliphatic carbocycles. The lowest BCUT2D eigenvalue weighted by atomic mass is 10.4. The maximum Gasteiger partial charge on any atom is 0.319 e. The first-order valence-electron chi connectivity index (χ1n) is 4.40. The second-order valence-electron chi connectivity index (χ2n) is 2.92. The Morgan fingerprint density at radius 3 is 3.07 bits per heavy atom. The summed E-state index contributed by atoms with van der Waals surface area (Å²) in [4.78, 5) is 15.1. The van der Waals surface area contributed by atoms with Gasteiger partial charge in [0.15, 0.2) is 0 Å². The summed E-state index contributed by atoms with van der Waals surface area (Å²) >= 11 is 2.04. The summed E-state index contributed by atoms with van der Waals surface area (Å²) in [5.74, 6) is 0.615. The largest absolute Gasteiger partial charge is 0.468 e. The van der Waals surface area contributed by atoms with E-state index in [-0.39, 0.29) is 9.89 Å². The Bertz CT molecular complexity index is 328. The van der Waals surface area contributed by atoms with Gasteiger partial charge < -0.3 is 10.1 Å². The van der Waals surface area contributed by atoms with Gasteiger partial charge in [0.1, 0.15) is 16.1 Å². The lowest BCUT2D eigenvalue weighted by molar-refractivity contribution is -0.139. The normalized spacial score (nSPS) is 12.5. The first-order chi connectivity index (χ1) is 7.15. The summed E-state index contributed by atoms with van der Waals surface area (Å²) in [6, 6.07) is 0. The number of carbonyl (C=O) groups is 1. The number of hydrogen-bond acceptors (Lipinski definition) is 5. The van der Waals surface area contributed by atoms with Gasteiger partial charge >= 0.3 is 5.97 Å². The number of rotatable bonds is 5. The van der Waals surface area contributed by atoms with Gasteiger partial charge in [-0.05, 0) is 0 Å². The molecule has 0 fully saturated rings. The third-order valence-electron chi connectivity index (χ3n) is 1.87. The Morgan fingerprint density at radius 1 is 1.80 bits per heavy atom. The Morgan fingerprint density at radius 2 is 2.53 bits per heavy atom. The number of ether oxygens (including phenoxy) is 1. The van der Waals surface area contributed by atoms with Gasteiger partial charge in [0.25, 0.3) is 0 Å². The number of aryl methyl sites for hydroxylation is 1. The van der Waals surface area contributed by atoms with E-state index >= 15 is 0 Å². The van der Waals surface area contributed by atoms with E-state index < -0.39 is 0 Å². The minimum absolute atomic E-state index is 0.180. The van der Waals surface area contributed by atoms with E-state index in [0.717, 1.165) is 5.82 Å². The van der Waals surface area contributed by atoms with Crippen molar-refractivity contribution in [3.05, 3.63) is 12.2 Å². The molecule has 1 atom stereocenters. The number of hydrogen-bond donors (Lipinski definition) is 1. The van der Waals surface area contributed by atoms with Crippen LogP contribution in [0.4, 0.5) is 0 Å². The van der Waals surface area contributed by atoms with Crippen LogP contribution < -0.4 is 5.32 Å². The molecule has 0 saturated carbocycles. The minimum Gasteiger partial charge on any atom is -0.468 e. The van der Waals surface area contributed by atoms with Crippen molar-refractivity contribution < 1.29 is 9.53 Å². The first kappa shape index (κ1) is 12.4. The van der Waals surface area contributed by atoms with Crippen molar-refractivity contribution in [1.29, 1.82) is 0 Å². The second kappa shape index (κ2) is 6.01. The van der Waals surface area contributed by atoms with E-state index in [1.54, 1.807) is 4.68 Å². The van der Waals surface area contributed by atoms with E-state index in [0.29, 0.717) is 13.1 Å². The molecule has 6 nitrogen and oxygen atoms in total. The molecule has 0 aliphatic heterocycles. The number of nitrogens with zero attached hydrogens (tertiary/aromatic N) is 3. The van der Waals surface area contributed by atoms with Crippen molar-refractivity contribution in [3.8, 4) is 0 Å². The van der Waals surface area contributed by atoms with Gasteiger partial charge in [-0.3, -0.25) is 9.48 Å². The molecule has 1 heterocycles. The molecule has 0 spiro atoms. The van der Waals surface area contributed by atoms with Crippen LogP contribution in [0.2, 0.25) is 0 Å². The maximum absolute atomic E-state index is 11.1. The monoisotopic (exact) mass is 324 g/mol. The van der Waals surface area contributed by atoms with Crippen LogP contribution >= 0.6 is 22.6 Å². The molecule has 1 unspecified atom stereocenters. The molecule has 1 aromatic rings. The van der Waals surface area contributed by atoms with Crippen LogP contribution in [0, 0.1) is 0 Å². The van der Waals surface area contributed by atoms with E-state index in [9.17, 15) is 4.79 Å².